The molecule has 53 heavy (non-hydrogen) atoms. The zero-order valence-corrected chi connectivity index (χ0v) is 30.1. The number of nitro benzene ring substituents is 1. The van der Waals surface area contributed by atoms with Crippen molar-refractivity contribution in [2.24, 2.45) is 5.73 Å². The van der Waals surface area contributed by atoms with Crippen LogP contribution >= 0.6 is 0 Å². The molecule has 0 saturated carbocycles. The summed E-state index contributed by atoms with van der Waals surface area (Å²) in [5.41, 5.74) is 6.90. The first kappa shape index (κ1) is 37.9. The van der Waals surface area contributed by atoms with Gasteiger partial charge in [0.05, 0.1) is 40.4 Å². The molecule has 0 spiro atoms. The second-order valence-electron chi connectivity index (χ2n) is 13.4. The van der Waals surface area contributed by atoms with Gasteiger partial charge in [-0.05, 0) is 72.1 Å². The molecule has 2 aromatic carbocycles. The number of anilines is 2. The van der Waals surface area contributed by atoms with Crippen LogP contribution < -0.4 is 31.2 Å². The summed E-state index contributed by atoms with van der Waals surface area (Å²) in [6.45, 7) is 10.1. The number of hydrogen-bond donors (Lipinski definition) is 4. The van der Waals surface area contributed by atoms with E-state index in [0.717, 1.165) is 6.07 Å². The molecule has 3 amide bonds. The van der Waals surface area contributed by atoms with Crippen molar-refractivity contribution < 1.29 is 33.5 Å². The van der Waals surface area contributed by atoms with Gasteiger partial charge in [-0.25, -0.2) is 9.78 Å². The molecule has 0 saturated heterocycles. The van der Waals surface area contributed by atoms with E-state index in [1.807, 2.05) is 11.5 Å². The monoisotopic (exact) mass is 730 g/mol. The number of nitrogens with two attached hydrogens (primary N) is 1. The number of aromatic nitrogens is 4. The van der Waals surface area contributed by atoms with Crippen LogP contribution in [0.5, 0.6) is 11.5 Å². The summed E-state index contributed by atoms with van der Waals surface area (Å²) in [4.78, 5) is 53.6. The predicted molar refractivity (Wildman–Crippen MR) is 193 cm³/mol. The van der Waals surface area contributed by atoms with Gasteiger partial charge >= 0.3 is 6.09 Å². The minimum atomic E-state index is -0.862. The molecule has 2 aromatic heterocycles. The van der Waals surface area contributed by atoms with Crippen LogP contribution in [0.2, 0.25) is 0 Å². The molecule has 280 valence electrons. The van der Waals surface area contributed by atoms with Gasteiger partial charge in [-0.1, -0.05) is 0 Å². The van der Waals surface area contributed by atoms with Gasteiger partial charge in [0.25, 0.3) is 11.6 Å². The Hall–Kier alpha value is -6.38. The minimum absolute atomic E-state index is 0.0522. The molecule has 1 aliphatic rings. The Bertz CT molecular complexity index is 2090. The van der Waals surface area contributed by atoms with Gasteiger partial charge in [-0.15, -0.1) is 0 Å². The van der Waals surface area contributed by atoms with Gasteiger partial charge in [0.2, 0.25) is 11.9 Å². The molecule has 0 aliphatic carbocycles. The maximum absolute atomic E-state index is 13.4. The van der Waals surface area contributed by atoms with Gasteiger partial charge in [-0.3, -0.25) is 29.7 Å². The van der Waals surface area contributed by atoms with Crippen LogP contribution in [0.4, 0.5) is 22.1 Å². The van der Waals surface area contributed by atoms with Crippen LogP contribution in [-0.2, 0) is 11.3 Å². The number of aryl methyl sites for hydroxylation is 2. The summed E-state index contributed by atoms with van der Waals surface area (Å²) in [5.74, 6) is -0.466. The fourth-order valence-electron chi connectivity index (χ4n) is 5.91. The second-order valence-corrected chi connectivity index (χ2v) is 13.4. The first-order valence-electron chi connectivity index (χ1n) is 17.1. The number of hydrogen-bond acceptors (Lipinski definition) is 12. The second kappa shape index (κ2) is 15.9. The summed E-state index contributed by atoms with van der Waals surface area (Å²) < 4.78 is 20.6. The molecule has 0 unspecified atom stereocenters. The highest BCUT2D eigenvalue weighted by Gasteiger charge is 2.30. The molecule has 18 heteroatoms. The van der Waals surface area contributed by atoms with Crippen LogP contribution in [0.1, 0.15) is 85.1 Å². The largest absolute Gasteiger partial charge is 0.491 e. The molecule has 1 atom stereocenters. The first-order chi connectivity index (χ1) is 25.2. The molecule has 4 aromatic rings. The fourth-order valence-corrected chi connectivity index (χ4v) is 5.91. The number of nitrogens with zero attached hydrogens (tertiary/aromatic N) is 6. The van der Waals surface area contributed by atoms with Crippen molar-refractivity contribution in [2.75, 3.05) is 36.9 Å². The lowest BCUT2D eigenvalue weighted by Crippen LogP contribution is -2.33. The number of nitrogens with one attached hydrogen (secondary N) is 3. The summed E-state index contributed by atoms with van der Waals surface area (Å²) in [6, 6.07) is 9.18. The van der Waals surface area contributed by atoms with Crippen LogP contribution in [0, 0.1) is 28.4 Å². The third-order valence-corrected chi connectivity index (χ3v) is 8.16. The third kappa shape index (κ3) is 8.92. The zero-order valence-electron chi connectivity index (χ0n) is 30.1. The SMILES string of the molecule is CCn1nc(C)cc1C(=O)Nc1nc2cc(C#N)cc3c2n1[C@@H](CCCNc1c(OCCCNC(=O)OC(C)(C)C)cc(C(N)=O)cc1[N+](=O)[O-])CO3. The Kier molecular flexibility index (Phi) is 11.3. The van der Waals surface area contributed by atoms with Crippen molar-refractivity contribution in [3.05, 3.63) is 63.0 Å². The molecule has 18 nitrogen and oxygen atoms in total. The molecule has 3 heterocycles. The van der Waals surface area contributed by atoms with Crippen LogP contribution in [0.25, 0.3) is 11.0 Å². The molecule has 1 aliphatic heterocycles. The van der Waals surface area contributed by atoms with E-state index >= 15 is 0 Å². The van der Waals surface area contributed by atoms with Crippen LogP contribution in [0.15, 0.2) is 30.3 Å². The average molecular weight is 731 g/mol. The molecule has 0 radical (unpaired) electrons. The highest BCUT2D eigenvalue weighted by Crippen LogP contribution is 2.39. The molecule has 5 rings (SSSR count). The van der Waals surface area contributed by atoms with E-state index in [2.05, 4.69) is 32.1 Å². The van der Waals surface area contributed by atoms with E-state index in [0.29, 0.717) is 59.5 Å². The number of rotatable bonds is 15. The minimum Gasteiger partial charge on any atom is -0.491 e. The quantitative estimate of drug-likeness (QED) is 0.0731. The maximum Gasteiger partial charge on any atom is 0.407 e. The average Bonchev–Trinajstić information content (AvgIpc) is 3.66. The van der Waals surface area contributed by atoms with Crippen LogP contribution in [-0.4, -0.2) is 74.1 Å². The number of carbonyl (C=O) groups is 3. The Labute approximate surface area is 304 Å². The Morgan fingerprint density at radius 2 is 1.94 bits per heavy atom. The van der Waals surface area contributed by atoms with E-state index < -0.39 is 34.1 Å². The van der Waals surface area contributed by atoms with Gasteiger partial charge in [-0.2, -0.15) is 10.4 Å². The maximum atomic E-state index is 13.4. The summed E-state index contributed by atoms with van der Waals surface area (Å²) in [5, 5.41) is 34.7. The number of carbonyl (C=O) groups excluding carboxylic acids is 3. The van der Waals surface area contributed by atoms with Crippen molar-refractivity contribution in [2.45, 2.75) is 72.1 Å². The number of nitriles is 1. The highest BCUT2D eigenvalue weighted by molar-refractivity contribution is 6.03. The molecular formula is C35H42N10O8. The lowest BCUT2D eigenvalue weighted by Gasteiger charge is -2.27. The zero-order chi connectivity index (χ0) is 38.4. The van der Waals surface area contributed by atoms with Gasteiger partial charge in [0, 0.05) is 37.3 Å². The van der Waals surface area contributed by atoms with Crippen molar-refractivity contribution in [1.82, 2.24) is 24.6 Å². The Morgan fingerprint density at radius 3 is 2.62 bits per heavy atom. The lowest BCUT2D eigenvalue weighted by atomic mass is 10.1. The number of primary amides is 1. The number of alkyl carbamates (subject to hydrolysis) is 1. The number of ether oxygens (including phenoxy) is 3. The van der Waals surface area contributed by atoms with Crippen molar-refractivity contribution >= 4 is 46.3 Å². The van der Waals surface area contributed by atoms with Crippen molar-refractivity contribution in [1.29, 1.82) is 5.26 Å². The Balaban J connectivity index is 1.32. The lowest BCUT2D eigenvalue weighted by molar-refractivity contribution is -0.384. The van der Waals surface area contributed by atoms with Crippen molar-refractivity contribution in [3.8, 4) is 17.6 Å². The van der Waals surface area contributed by atoms with E-state index in [1.165, 1.54) is 6.07 Å². The van der Waals surface area contributed by atoms with Gasteiger partial charge in [0.1, 0.15) is 34.9 Å². The number of nitro groups is 1. The third-order valence-electron chi connectivity index (χ3n) is 8.16. The molecular weight excluding hydrogens is 688 g/mol. The highest BCUT2D eigenvalue weighted by atomic mass is 16.6. The standard InChI is InChI=1S/C35H42N10O8/c1-6-43-26(13-20(2)42-43)32(47)41-33-40-24-14-21(18-36)15-28-30(24)44(33)23(19-52-28)9-7-10-38-29-25(45(49)50)16-22(31(37)46)17-27(29)51-12-8-11-39-34(48)53-35(3,4)5/h13-17,23,38H,6-12,19H2,1-5H3,(H2,37,46)(H,39,48)(H,40,41,47)/t23-/m0/s1. The van der Waals surface area contributed by atoms with E-state index in [9.17, 15) is 29.8 Å². The van der Waals surface area contributed by atoms with Gasteiger partial charge in [0.15, 0.2) is 5.69 Å². The number of benzene rings is 2. The van der Waals surface area contributed by atoms with Gasteiger partial charge < -0.3 is 35.1 Å². The fraction of sp³-hybridized carbons (Fsp3) is 0.429. The number of amides is 3. The summed E-state index contributed by atoms with van der Waals surface area (Å²) in [7, 11) is 0. The van der Waals surface area contributed by atoms with Crippen molar-refractivity contribution in [3.63, 3.8) is 0 Å². The predicted octanol–water partition coefficient (Wildman–Crippen LogP) is 4.81. The van der Waals surface area contributed by atoms with E-state index in [-0.39, 0.29) is 55.3 Å². The summed E-state index contributed by atoms with van der Waals surface area (Å²) >= 11 is 0. The Morgan fingerprint density at radius 1 is 1.17 bits per heavy atom. The first-order valence-corrected chi connectivity index (χ1v) is 17.1. The molecule has 0 bridgehead atoms. The molecule has 5 N–H and O–H groups in total. The topological polar surface area (TPSA) is 244 Å². The normalized spacial score (nSPS) is 13.5. The number of imidazole rings is 1. The summed E-state index contributed by atoms with van der Waals surface area (Å²) in [6.07, 6.45) is 0.717. The molecule has 0 fully saturated rings. The van der Waals surface area contributed by atoms with E-state index in [1.54, 1.807) is 50.6 Å². The van der Waals surface area contributed by atoms with Crippen LogP contribution in [0.3, 0.4) is 0 Å². The smallest absolute Gasteiger partial charge is 0.407 e. The van der Waals surface area contributed by atoms with E-state index in [4.69, 9.17) is 19.9 Å².